The van der Waals surface area contributed by atoms with E-state index in [4.69, 9.17) is 0 Å². The van der Waals surface area contributed by atoms with Crippen LogP contribution < -0.4 is 5.43 Å². The molecule has 0 amide bonds. The molecule has 0 radical (unpaired) electrons. The predicted molar refractivity (Wildman–Crippen MR) is 110 cm³/mol. The molecule has 0 spiro atoms. The number of hydrogen-bond donors (Lipinski definition) is 1. The smallest absolute Gasteiger partial charge is 0.0568 e. The summed E-state index contributed by atoms with van der Waals surface area (Å²) in [5.41, 5.74) is 7.36. The van der Waals surface area contributed by atoms with Gasteiger partial charge in [-0.15, -0.1) is 0 Å². The molecule has 0 aliphatic carbocycles. The molecule has 0 heterocycles. The molecule has 0 atom stereocenters. The number of hydrogen-bond acceptors (Lipinski definition) is 2. The van der Waals surface area contributed by atoms with Gasteiger partial charge in [0.15, 0.2) is 0 Å². The van der Waals surface area contributed by atoms with Crippen molar-refractivity contribution in [1.82, 2.24) is 5.01 Å². The summed E-state index contributed by atoms with van der Waals surface area (Å²) in [5, 5.41) is 4.75. The van der Waals surface area contributed by atoms with Crippen LogP contribution in [0.1, 0.15) is 11.1 Å². The third-order valence-corrected chi connectivity index (χ3v) is 4.50. The van der Waals surface area contributed by atoms with E-state index in [9.17, 15) is 0 Å². The number of hydrazine groups is 1. The zero-order chi connectivity index (χ0) is 17.6. The molecule has 1 N–H and O–H groups in total. The number of rotatable bonds is 6. The summed E-state index contributed by atoms with van der Waals surface area (Å²) in [7, 11) is 0. The Balaban J connectivity index is 1.63. The van der Waals surface area contributed by atoms with Crippen molar-refractivity contribution in [3.8, 4) is 0 Å². The van der Waals surface area contributed by atoms with Crippen molar-refractivity contribution in [3.05, 3.63) is 114 Å². The van der Waals surface area contributed by atoms with Gasteiger partial charge in [-0.05, 0) is 22.6 Å². The van der Waals surface area contributed by atoms with Crippen LogP contribution in [-0.2, 0) is 13.1 Å². The third kappa shape index (κ3) is 3.93. The van der Waals surface area contributed by atoms with Crippen LogP contribution in [0.3, 0.4) is 0 Å². The summed E-state index contributed by atoms with van der Waals surface area (Å²) in [6, 6.07) is 36.1. The first-order valence-electron chi connectivity index (χ1n) is 8.96. The first-order chi connectivity index (χ1) is 12.9. The van der Waals surface area contributed by atoms with E-state index in [0.29, 0.717) is 0 Å². The molecule has 0 aromatic heterocycles. The van der Waals surface area contributed by atoms with Gasteiger partial charge in [-0.25, -0.2) is 5.01 Å². The van der Waals surface area contributed by atoms with Crippen LogP contribution in [0.25, 0.3) is 10.8 Å². The second kappa shape index (κ2) is 7.85. The van der Waals surface area contributed by atoms with Crippen LogP contribution in [-0.4, -0.2) is 5.01 Å². The largest absolute Gasteiger partial charge is 0.318 e. The van der Waals surface area contributed by atoms with Crippen molar-refractivity contribution >= 4 is 16.5 Å². The van der Waals surface area contributed by atoms with Gasteiger partial charge in [0, 0.05) is 18.5 Å². The summed E-state index contributed by atoms with van der Waals surface area (Å²) < 4.78 is 0. The van der Waals surface area contributed by atoms with Gasteiger partial charge in [0.2, 0.25) is 0 Å². The molecule has 26 heavy (non-hydrogen) atoms. The second-order valence-electron chi connectivity index (χ2n) is 6.47. The highest BCUT2D eigenvalue weighted by Crippen LogP contribution is 2.24. The number of benzene rings is 4. The Morgan fingerprint density at radius 3 is 1.73 bits per heavy atom. The fraction of sp³-hybridized carbons (Fsp3) is 0.0833. The monoisotopic (exact) mass is 338 g/mol. The normalized spacial score (nSPS) is 11.0. The lowest BCUT2D eigenvalue weighted by Crippen LogP contribution is -2.29. The highest BCUT2D eigenvalue weighted by Gasteiger charge is 2.09. The number of anilines is 1. The van der Waals surface area contributed by atoms with Gasteiger partial charge in [0.1, 0.15) is 0 Å². The van der Waals surface area contributed by atoms with E-state index >= 15 is 0 Å². The van der Waals surface area contributed by atoms with Crippen molar-refractivity contribution in [1.29, 1.82) is 0 Å². The lowest BCUT2D eigenvalue weighted by atomic mass is 10.1. The lowest BCUT2D eigenvalue weighted by molar-refractivity contribution is 0.314. The molecule has 128 valence electrons. The van der Waals surface area contributed by atoms with Gasteiger partial charge >= 0.3 is 0 Å². The topological polar surface area (TPSA) is 15.3 Å². The van der Waals surface area contributed by atoms with Crippen LogP contribution in [0.15, 0.2) is 103 Å². The molecule has 2 heteroatoms. The van der Waals surface area contributed by atoms with Gasteiger partial charge < -0.3 is 5.43 Å². The summed E-state index contributed by atoms with van der Waals surface area (Å²) >= 11 is 0. The van der Waals surface area contributed by atoms with Crippen molar-refractivity contribution in [3.63, 3.8) is 0 Å². The van der Waals surface area contributed by atoms with Gasteiger partial charge in [-0.1, -0.05) is 97.1 Å². The van der Waals surface area contributed by atoms with Crippen LogP contribution >= 0.6 is 0 Å². The number of nitrogens with zero attached hydrogens (tertiary/aromatic N) is 1. The Morgan fingerprint density at radius 1 is 0.538 bits per heavy atom. The maximum atomic E-state index is 3.65. The van der Waals surface area contributed by atoms with Crippen LogP contribution in [0.4, 0.5) is 5.69 Å². The molecule has 0 aliphatic heterocycles. The molecule has 0 saturated carbocycles. The van der Waals surface area contributed by atoms with Gasteiger partial charge in [0.05, 0.1) is 5.69 Å². The average Bonchev–Trinajstić information content (AvgIpc) is 2.70. The van der Waals surface area contributed by atoms with E-state index in [1.165, 1.54) is 21.9 Å². The van der Waals surface area contributed by atoms with Crippen LogP contribution in [0.2, 0.25) is 0 Å². The molecule has 2 nitrogen and oxygen atoms in total. The molecule has 0 bridgehead atoms. The van der Waals surface area contributed by atoms with Crippen molar-refractivity contribution in [2.45, 2.75) is 13.1 Å². The fourth-order valence-corrected chi connectivity index (χ4v) is 3.24. The molecule has 0 aliphatic rings. The van der Waals surface area contributed by atoms with E-state index in [-0.39, 0.29) is 0 Å². The molecule has 0 saturated heterocycles. The Kier molecular flexibility index (Phi) is 4.95. The minimum absolute atomic E-state index is 0.832. The SMILES string of the molecule is c1ccc(CN(Cc2ccccc2)Nc2cccc3ccccc23)cc1. The molecule has 0 fully saturated rings. The maximum Gasteiger partial charge on any atom is 0.0568 e. The van der Waals surface area contributed by atoms with Crippen molar-refractivity contribution in [2.75, 3.05) is 5.43 Å². The average molecular weight is 338 g/mol. The van der Waals surface area contributed by atoms with E-state index in [1.807, 2.05) is 0 Å². The molecule has 4 aromatic rings. The first-order valence-corrected chi connectivity index (χ1v) is 8.96. The van der Waals surface area contributed by atoms with Crippen molar-refractivity contribution in [2.24, 2.45) is 0 Å². The highest BCUT2D eigenvalue weighted by atomic mass is 15.5. The van der Waals surface area contributed by atoms with Gasteiger partial charge in [0.25, 0.3) is 0 Å². The summed E-state index contributed by atoms with van der Waals surface area (Å²) in [6.45, 7) is 1.66. The highest BCUT2D eigenvalue weighted by molar-refractivity contribution is 5.93. The van der Waals surface area contributed by atoms with Gasteiger partial charge in [-0.3, -0.25) is 0 Å². The minimum atomic E-state index is 0.832. The third-order valence-electron chi connectivity index (χ3n) is 4.50. The zero-order valence-corrected chi connectivity index (χ0v) is 14.7. The maximum absolute atomic E-state index is 3.65. The molecule has 4 aromatic carbocycles. The van der Waals surface area contributed by atoms with E-state index in [0.717, 1.165) is 18.8 Å². The zero-order valence-electron chi connectivity index (χ0n) is 14.7. The number of fused-ring (bicyclic) bond motifs is 1. The summed E-state index contributed by atoms with van der Waals surface area (Å²) in [6.07, 6.45) is 0. The molecule has 4 rings (SSSR count). The Labute approximate surface area is 154 Å². The Hall–Kier alpha value is -3.10. The lowest BCUT2D eigenvalue weighted by Gasteiger charge is -2.25. The molecular formula is C24H22N2. The Bertz CT molecular complexity index is 918. The summed E-state index contributed by atoms with van der Waals surface area (Å²) in [5.74, 6) is 0. The standard InChI is InChI=1S/C24H22N2/c1-3-10-20(11-4-1)18-26(19-21-12-5-2-6-13-21)25-24-17-9-15-22-14-7-8-16-23(22)24/h1-17,25H,18-19H2. The van der Waals surface area contributed by atoms with Crippen molar-refractivity contribution < 1.29 is 0 Å². The fourth-order valence-electron chi connectivity index (χ4n) is 3.24. The van der Waals surface area contributed by atoms with E-state index < -0.39 is 0 Å². The van der Waals surface area contributed by atoms with Crippen LogP contribution in [0.5, 0.6) is 0 Å². The Morgan fingerprint density at radius 2 is 1.08 bits per heavy atom. The first kappa shape index (κ1) is 16.4. The number of nitrogens with one attached hydrogen (secondary N) is 1. The quantitative estimate of drug-likeness (QED) is 0.442. The van der Waals surface area contributed by atoms with Crippen LogP contribution in [0, 0.1) is 0 Å². The second-order valence-corrected chi connectivity index (χ2v) is 6.47. The summed E-state index contributed by atoms with van der Waals surface area (Å²) in [4.78, 5) is 0. The molecule has 0 unspecified atom stereocenters. The van der Waals surface area contributed by atoms with E-state index in [2.05, 4.69) is 114 Å². The minimum Gasteiger partial charge on any atom is -0.318 e. The van der Waals surface area contributed by atoms with E-state index in [1.54, 1.807) is 0 Å². The predicted octanol–water partition coefficient (Wildman–Crippen LogP) is 5.87. The van der Waals surface area contributed by atoms with Gasteiger partial charge in [-0.2, -0.15) is 0 Å². The molecular weight excluding hydrogens is 316 g/mol.